The lowest BCUT2D eigenvalue weighted by Crippen LogP contribution is -2.43. The molecular weight excluding hydrogens is 360 g/mol. The number of aryl methyl sites for hydroxylation is 1. The number of hydrogen-bond acceptors (Lipinski definition) is 4. The zero-order valence-corrected chi connectivity index (χ0v) is 17.5. The molecule has 0 atom stereocenters. The van der Waals surface area contributed by atoms with Gasteiger partial charge in [-0.2, -0.15) is 0 Å². The molecule has 0 saturated carbocycles. The molecule has 0 fully saturated rings. The molecule has 7 heteroatoms. The molecule has 0 amide bonds. The molecule has 0 unspecified atom stereocenters. The van der Waals surface area contributed by atoms with Crippen LogP contribution in [0.25, 0.3) is 10.9 Å². The molecule has 27 heavy (non-hydrogen) atoms. The minimum atomic E-state index is -0.0663. The van der Waals surface area contributed by atoms with Gasteiger partial charge in [0.1, 0.15) is 0 Å². The number of pyridine rings is 1. The van der Waals surface area contributed by atoms with Crippen LogP contribution in [0, 0.1) is 6.92 Å². The Hall–Kier alpha value is -1.96. The average Bonchev–Trinajstić information content (AvgIpc) is 2.62. The van der Waals surface area contributed by atoms with Gasteiger partial charge in [-0.25, -0.2) is 0 Å². The highest BCUT2D eigenvalue weighted by molar-refractivity contribution is 7.80. The van der Waals surface area contributed by atoms with E-state index >= 15 is 0 Å². The molecule has 0 spiro atoms. The van der Waals surface area contributed by atoms with Crippen LogP contribution in [0.4, 0.5) is 0 Å². The van der Waals surface area contributed by atoms with Crippen LogP contribution in [-0.4, -0.2) is 67.3 Å². The number of methoxy groups -OCH3 is 1. The molecule has 0 aliphatic rings. The van der Waals surface area contributed by atoms with Crippen LogP contribution in [0.1, 0.15) is 17.5 Å². The molecule has 2 N–H and O–H groups in total. The number of H-pyrrole nitrogens is 1. The normalized spacial score (nSPS) is 11.1. The number of nitrogens with zero attached hydrogens (tertiary/aromatic N) is 2. The van der Waals surface area contributed by atoms with Gasteiger partial charge >= 0.3 is 0 Å². The van der Waals surface area contributed by atoms with E-state index in [-0.39, 0.29) is 5.56 Å². The van der Waals surface area contributed by atoms with Crippen molar-refractivity contribution in [3.05, 3.63) is 45.7 Å². The quantitative estimate of drug-likeness (QED) is 0.505. The first-order chi connectivity index (χ1) is 12.9. The van der Waals surface area contributed by atoms with Gasteiger partial charge in [0.2, 0.25) is 0 Å². The third-order valence-electron chi connectivity index (χ3n) is 4.34. The predicted molar refractivity (Wildman–Crippen MR) is 115 cm³/mol. The molecule has 0 saturated heterocycles. The van der Waals surface area contributed by atoms with Crippen LogP contribution < -0.4 is 10.9 Å². The fraction of sp³-hybridized carbons (Fsp3) is 0.500. The lowest BCUT2D eigenvalue weighted by atomic mass is 10.1. The first-order valence-corrected chi connectivity index (χ1v) is 9.60. The van der Waals surface area contributed by atoms with Crippen LogP contribution in [0.2, 0.25) is 0 Å². The smallest absolute Gasteiger partial charge is 0.253 e. The molecular formula is C20H30N4O2S. The van der Waals surface area contributed by atoms with Gasteiger partial charge in [-0.3, -0.25) is 4.79 Å². The predicted octanol–water partition coefficient (Wildman–Crippen LogP) is 2.11. The van der Waals surface area contributed by atoms with Crippen LogP contribution >= 0.6 is 12.2 Å². The summed E-state index contributed by atoms with van der Waals surface area (Å²) in [4.78, 5) is 19.7. The Balaban J connectivity index is 2.17. The molecule has 148 valence electrons. The highest BCUT2D eigenvalue weighted by Crippen LogP contribution is 2.14. The zero-order valence-electron chi connectivity index (χ0n) is 16.7. The van der Waals surface area contributed by atoms with Crippen molar-refractivity contribution in [1.29, 1.82) is 0 Å². The number of ether oxygens (including phenoxy) is 1. The summed E-state index contributed by atoms with van der Waals surface area (Å²) in [6.45, 7) is 5.56. The van der Waals surface area contributed by atoms with Crippen LogP contribution in [0.5, 0.6) is 0 Å². The second-order valence-electron chi connectivity index (χ2n) is 7.02. The summed E-state index contributed by atoms with van der Waals surface area (Å²) in [6.07, 6.45) is 0.883. The van der Waals surface area contributed by atoms with E-state index in [0.717, 1.165) is 37.0 Å². The summed E-state index contributed by atoms with van der Waals surface area (Å²) in [6, 6.07) is 8.00. The number of fused-ring (bicyclic) bond motifs is 1. The van der Waals surface area contributed by atoms with Crippen LogP contribution in [0.15, 0.2) is 29.1 Å². The molecule has 0 aliphatic heterocycles. The van der Waals surface area contributed by atoms with Gasteiger partial charge in [0.25, 0.3) is 5.56 Å². The number of nitrogens with one attached hydrogen (secondary N) is 2. The topological polar surface area (TPSA) is 60.6 Å². The van der Waals surface area contributed by atoms with E-state index in [4.69, 9.17) is 17.0 Å². The summed E-state index contributed by atoms with van der Waals surface area (Å²) < 4.78 is 5.08. The molecule has 6 nitrogen and oxygen atoms in total. The van der Waals surface area contributed by atoms with Gasteiger partial charge in [0.05, 0.1) is 6.54 Å². The maximum Gasteiger partial charge on any atom is 0.253 e. The van der Waals surface area contributed by atoms with Crippen molar-refractivity contribution in [1.82, 2.24) is 20.1 Å². The third-order valence-corrected chi connectivity index (χ3v) is 4.75. The van der Waals surface area contributed by atoms with E-state index < -0.39 is 0 Å². The maximum atomic E-state index is 12.5. The Morgan fingerprint density at radius 3 is 2.74 bits per heavy atom. The van der Waals surface area contributed by atoms with Gasteiger partial charge in [-0.15, -0.1) is 0 Å². The Kier molecular flexibility index (Phi) is 8.22. The zero-order chi connectivity index (χ0) is 19.8. The van der Waals surface area contributed by atoms with Crippen molar-refractivity contribution >= 4 is 28.2 Å². The number of hydrogen-bond donors (Lipinski definition) is 2. The number of thiocarbonyl (C=S) groups is 1. The second kappa shape index (κ2) is 10.4. The summed E-state index contributed by atoms with van der Waals surface area (Å²) in [5, 5.41) is 4.98. The van der Waals surface area contributed by atoms with Gasteiger partial charge in [0.15, 0.2) is 5.11 Å². The Labute approximate surface area is 166 Å². The second-order valence-corrected chi connectivity index (χ2v) is 7.40. The summed E-state index contributed by atoms with van der Waals surface area (Å²) in [7, 11) is 5.74. The molecule has 1 heterocycles. The average molecular weight is 391 g/mol. The van der Waals surface area contributed by atoms with Crippen molar-refractivity contribution < 1.29 is 4.74 Å². The van der Waals surface area contributed by atoms with E-state index in [1.54, 1.807) is 7.11 Å². The lowest BCUT2D eigenvalue weighted by Gasteiger charge is -2.27. The minimum Gasteiger partial charge on any atom is -0.385 e. The SMILES string of the molecule is COCCCNC(=S)N(CCN(C)C)Cc1cc2cc(C)ccc2[nH]c1=O. The van der Waals surface area contributed by atoms with Crippen molar-refractivity contribution in [2.24, 2.45) is 0 Å². The summed E-state index contributed by atoms with van der Waals surface area (Å²) in [5.41, 5.74) is 2.67. The molecule has 0 radical (unpaired) electrons. The molecule has 1 aromatic carbocycles. The Morgan fingerprint density at radius 2 is 2.04 bits per heavy atom. The Morgan fingerprint density at radius 1 is 1.26 bits per heavy atom. The molecule has 0 aliphatic carbocycles. The van der Waals surface area contributed by atoms with E-state index in [1.807, 2.05) is 44.1 Å². The summed E-state index contributed by atoms with van der Waals surface area (Å²) in [5.74, 6) is 0. The molecule has 1 aromatic heterocycles. The Bertz CT molecular complexity index is 819. The minimum absolute atomic E-state index is 0.0663. The number of aromatic nitrogens is 1. The molecule has 2 rings (SSSR count). The van der Waals surface area contributed by atoms with Crippen molar-refractivity contribution in [2.75, 3.05) is 47.4 Å². The lowest BCUT2D eigenvalue weighted by molar-refractivity contribution is 0.195. The van der Waals surface area contributed by atoms with Crippen molar-refractivity contribution in [2.45, 2.75) is 19.9 Å². The maximum absolute atomic E-state index is 12.5. The fourth-order valence-corrected chi connectivity index (χ4v) is 3.05. The first kappa shape index (κ1) is 21.3. The van der Waals surface area contributed by atoms with Gasteiger partial charge in [-0.1, -0.05) is 11.6 Å². The number of benzene rings is 1. The number of rotatable bonds is 9. The van der Waals surface area contributed by atoms with Crippen molar-refractivity contribution in [3.8, 4) is 0 Å². The van der Waals surface area contributed by atoms with E-state index in [0.29, 0.717) is 23.8 Å². The molecule has 2 aromatic rings. The molecule has 0 bridgehead atoms. The van der Waals surface area contributed by atoms with Crippen LogP contribution in [0.3, 0.4) is 0 Å². The summed E-state index contributed by atoms with van der Waals surface area (Å²) >= 11 is 5.58. The standard InChI is InChI=1S/C20H30N4O2S/c1-15-6-7-18-16(12-15)13-17(19(25)22-18)14-24(10-9-23(2)3)20(27)21-8-5-11-26-4/h6-7,12-13H,5,8-11,14H2,1-4H3,(H,21,27)(H,22,25). The van der Waals surface area contributed by atoms with Crippen molar-refractivity contribution in [3.63, 3.8) is 0 Å². The van der Waals surface area contributed by atoms with Crippen LogP contribution in [-0.2, 0) is 11.3 Å². The van der Waals surface area contributed by atoms with Gasteiger partial charge in [-0.05, 0) is 63.2 Å². The van der Waals surface area contributed by atoms with Gasteiger partial charge < -0.3 is 24.8 Å². The van der Waals surface area contributed by atoms with Gasteiger partial charge in [0, 0.05) is 44.4 Å². The first-order valence-electron chi connectivity index (χ1n) is 9.19. The number of likely N-dealkylation sites (N-methyl/N-ethyl adjacent to an activating group) is 1. The highest BCUT2D eigenvalue weighted by Gasteiger charge is 2.13. The van der Waals surface area contributed by atoms with E-state index in [2.05, 4.69) is 21.3 Å². The highest BCUT2D eigenvalue weighted by atomic mass is 32.1. The number of aromatic amines is 1. The van der Waals surface area contributed by atoms with E-state index in [9.17, 15) is 4.79 Å². The fourth-order valence-electron chi connectivity index (χ4n) is 2.79. The third kappa shape index (κ3) is 6.61. The monoisotopic (exact) mass is 390 g/mol. The van der Waals surface area contributed by atoms with E-state index in [1.165, 1.54) is 5.56 Å². The largest absolute Gasteiger partial charge is 0.385 e.